The molecule has 2 amide bonds. The number of carbonyl (C=O) groups is 3. The predicted molar refractivity (Wildman–Crippen MR) is 176 cm³/mol. The molecule has 0 saturated heterocycles. The molecule has 2 unspecified atom stereocenters. The molecule has 1 aliphatic rings. The van der Waals surface area contributed by atoms with E-state index >= 15 is 4.39 Å². The molecule has 0 spiro atoms. The highest BCUT2D eigenvalue weighted by atomic mass is 19.1. The molecule has 12 nitrogen and oxygen atoms in total. The zero-order chi connectivity index (χ0) is 34.4. The van der Waals surface area contributed by atoms with Crippen LogP contribution in [0.25, 0.3) is 11.6 Å². The number of amides is 2. The number of aromatic nitrogens is 3. The van der Waals surface area contributed by atoms with Crippen molar-refractivity contribution in [3.8, 4) is 5.82 Å². The van der Waals surface area contributed by atoms with Crippen LogP contribution in [0, 0.1) is 11.7 Å². The largest absolute Gasteiger partial charge is 0.480 e. The minimum absolute atomic E-state index is 0.151. The van der Waals surface area contributed by atoms with Crippen molar-refractivity contribution in [3.63, 3.8) is 0 Å². The van der Waals surface area contributed by atoms with Crippen molar-refractivity contribution in [2.24, 2.45) is 11.1 Å². The Hall–Kier alpha value is -5.85. The lowest BCUT2D eigenvalue weighted by Gasteiger charge is -2.19. The maximum atomic E-state index is 15.5. The summed E-state index contributed by atoms with van der Waals surface area (Å²) in [4.78, 5) is 50.8. The molecule has 2 aromatic heterocycles. The molecule has 0 bridgehead atoms. The van der Waals surface area contributed by atoms with Gasteiger partial charge in [0.05, 0.1) is 11.3 Å². The summed E-state index contributed by atoms with van der Waals surface area (Å²) in [5.74, 6) is -1.67. The van der Waals surface area contributed by atoms with E-state index in [0.29, 0.717) is 40.5 Å². The number of rotatable bonds is 9. The van der Waals surface area contributed by atoms with Gasteiger partial charge in [-0.15, -0.1) is 0 Å². The number of hydrogen-bond donors (Lipinski definition) is 3. The standard InChI is InChI=1S/C35H35FN6O6/c1-21-5-13-29(23-7-10-25(11-8-23)39-34(46)47-35(2,3)4)48-41-31(21)26-12-6-22(17-27(26)36)18-28(33(44)45)40-32(43)24-9-14-30(38-19-24)42-16-15-37-20-42/h6-17,19-21,28H,5,18H2,1-4H3,(H,39,46)(H,40,43)(H,44,45). The molecule has 2 atom stereocenters. The second kappa shape index (κ2) is 14.3. The van der Waals surface area contributed by atoms with E-state index in [4.69, 9.17) is 9.57 Å². The normalized spacial score (nSPS) is 15.2. The lowest BCUT2D eigenvalue weighted by atomic mass is 9.93. The first kappa shape index (κ1) is 33.5. The number of hydrogen-bond acceptors (Lipinski definition) is 8. The number of carbonyl (C=O) groups excluding carboxylic acids is 2. The third-order valence-electron chi connectivity index (χ3n) is 7.31. The van der Waals surface area contributed by atoms with Crippen LogP contribution in [0.5, 0.6) is 0 Å². The van der Waals surface area contributed by atoms with Gasteiger partial charge in [0, 0.05) is 47.7 Å². The Bertz CT molecular complexity index is 1850. The van der Waals surface area contributed by atoms with Gasteiger partial charge < -0.3 is 20.0 Å². The van der Waals surface area contributed by atoms with Gasteiger partial charge in [-0.25, -0.2) is 23.9 Å². The highest BCUT2D eigenvalue weighted by Crippen LogP contribution is 2.27. The van der Waals surface area contributed by atoms with Crippen LogP contribution in [-0.4, -0.2) is 55.0 Å². The van der Waals surface area contributed by atoms with Crippen molar-refractivity contribution < 1.29 is 33.5 Å². The molecule has 2 aromatic carbocycles. The molecule has 0 fully saturated rings. The first-order valence-electron chi connectivity index (χ1n) is 15.2. The average Bonchev–Trinajstić information content (AvgIpc) is 3.51. The number of imidazole rings is 1. The number of carboxylic acid groups (broad SMARTS) is 1. The number of oxime groups is 1. The third kappa shape index (κ3) is 8.49. The van der Waals surface area contributed by atoms with Gasteiger partial charge in [-0.05, 0) is 87.4 Å². The highest BCUT2D eigenvalue weighted by molar-refractivity contribution is 6.02. The van der Waals surface area contributed by atoms with Gasteiger partial charge in [-0.3, -0.25) is 14.7 Å². The number of anilines is 1. The number of pyridine rings is 1. The molecule has 0 radical (unpaired) electrons. The van der Waals surface area contributed by atoms with Crippen LogP contribution in [0.1, 0.15) is 61.2 Å². The van der Waals surface area contributed by atoms with Gasteiger partial charge in [0.2, 0.25) is 0 Å². The summed E-state index contributed by atoms with van der Waals surface area (Å²) >= 11 is 0. The monoisotopic (exact) mass is 654 g/mol. The summed E-state index contributed by atoms with van der Waals surface area (Å²) in [5.41, 5.74) is 1.80. The molecule has 4 aromatic rings. The second-order valence-electron chi connectivity index (χ2n) is 12.2. The Kier molecular flexibility index (Phi) is 9.97. The summed E-state index contributed by atoms with van der Waals surface area (Å²) in [6.45, 7) is 7.24. The Labute approximate surface area is 276 Å². The second-order valence-corrected chi connectivity index (χ2v) is 12.2. The minimum Gasteiger partial charge on any atom is -0.480 e. The maximum Gasteiger partial charge on any atom is 0.412 e. The minimum atomic E-state index is -1.31. The molecule has 5 rings (SSSR count). The Morgan fingerprint density at radius 3 is 2.52 bits per heavy atom. The number of nitrogens with zero attached hydrogens (tertiary/aromatic N) is 4. The SMILES string of the molecule is CC1CC=C(c2ccc(NC(=O)OC(C)(C)C)cc2)ON=C1c1ccc(CC(NC(=O)c2ccc(-n3ccnc3)nc2)C(=O)O)cc1F. The summed E-state index contributed by atoms with van der Waals surface area (Å²) in [5, 5.41) is 19.3. The van der Waals surface area contributed by atoms with Crippen LogP contribution in [0.4, 0.5) is 14.9 Å². The van der Waals surface area contributed by atoms with E-state index in [1.807, 2.05) is 13.0 Å². The zero-order valence-corrected chi connectivity index (χ0v) is 26.8. The van der Waals surface area contributed by atoms with Gasteiger partial charge in [0.1, 0.15) is 29.6 Å². The summed E-state index contributed by atoms with van der Waals surface area (Å²) in [7, 11) is 0. The fraction of sp³-hybridized carbons (Fsp3) is 0.257. The molecular weight excluding hydrogens is 619 g/mol. The van der Waals surface area contributed by atoms with Crippen molar-refractivity contribution >= 4 is 35.1 Å². The van der Waals surface area contributed by atoms with E-state index in [0.717, 1.165) is 0 Å². The fourth-order valence-electron chi connectivity index (χ4n) is 4.88. The number of carboxylic acids is 1. The summed E-state index contributed by atoms with van der Waals surface area (Å²) in [6.07, 6.45) is 7.86. The molecule has 248 valence electrons. The van der Waals surface area contributed by atoms with E-state index in [9.17, 15) is 19.5 Å². The topological polar surface area (TPSA) is 157 Å². The number of halogens is 1. The number of ether oxygens (including phenoxy) is 1. The molecule has 3 heterocycles. The van der Waals surface area contributed by atoms with Crippen LogP contribution in [0.15, 0.2) is 90.7 Å². The van der Waals surface area contributed by atoms with E-state index in [2.05, 4.69) is 25.8 Å². The first-order valence-corrected chi connectivity index (χ1v) is 15.2. The summed E-state index contributed by atoms with van der Waals surface area (Å²) in [6, 6.07) is 13.2. The van der Waals surface area contributed by atoms with Crippen LogP contribution in [0.3, 0.4) is 0 Å². The van der Waals surface area contributed by atoms with Crippen LogP contribution in [-0.2, 0) is 20.8 Å². The Balaban J connectivity index is 1.23. The average molecular weight is 655 g/mol. The predicted octanol–water partition coefficient (Wildman–Crippen LogP) is 5.98. The van der Waals surface area contributed by atoms with Crippen LogP contribution >= 0.6 is 0 Å². The molecule has 1 aliphatic heterocycles. The first-order chi connectivity index (χ1) is 22.9. The molecular formula is C35H35FN6O6. The fourth-order valence-corrected chi connectivity index (χ4v) is 4.88. The molecule has 3 N–H and O–H groups in total. The van der Waals surface area contributed by atoms with Gasteiger partial charge in [0.15, 0.2) is 5.76 Å². The lowest BCUT2D eigenvalue weighted by Crippen LogP contribution is -2.42. The van der Waals surface area contributed by atoms with Crippen molar-refractivity contribution in [3.05, 3.63) is 114 Å². The van der Waals surface area contributed by atoms with Gasteiger partial charge >= 0.3 is 12.1 Å². The van der Waals surface area contributed by atoms with Gasteiger partial charge in [0.25, 0.3) is 5.91 Å². The van der Waals surface area contributed by atoms with E-state index < -0.39 is 35.4 Å². The van der Waals surface area contributed by atoms with Crippen LogP contribution in [0.2, 0.25) is 0 Å². The Morgan fingerprint density at radius 1 is 1.12 bits per heavy atom. The molecule has 13 heteroatoms. The lowest BCUT2D eigenvalue weighted by molar-refractivity contribution is -0.139. The number of benzene rings is 2. The number of allylic oxidation sites excluding steroid dienone is 1. The quantitative estimate of drug-likeness (QED) is 0.199. The van der Waals surface area contributed by atoms with Crippen molar-refractivity contribution in [1.29, 1.82) is 0 Å². The maximum absolute atomic E-state index is 15.5. The molecule has 48 heavy (non-hydrogen) atoms. The third-order valence-corrected chi connectivity index (χ3v) is 7.31. The van der Waals surface area contributed by atoms with E-state index in [1.165, 1.54) is 24.4 Å². The van der Waals surface area contributed by atoms with Gasteiger partial charge in [-0.2, -0.15) is 0 Å². The number of aliphatic carboxylic acids is 1. The highest BCUT2D eigenvalue weighted by Gasteiger charge is 2.25. The van der Waals surface area contributed by atoms with E-state index in [1.54, 1.807) is 80.5 Å². The van der Waals surface area contributed by atoms with Gasteiger partial charge in [-0.1, -0.05) is 18.1 Å². The van der Waals surface area contributed by atoms with E-state index in [-0.39, 0.29) is 23.5 Å². The van der Waals surface area contributed by atoms with Crippen molar-refractivity contribution in [2.75, 3.05) is 5.32 Å². The zero-order valence-electron chi connectivity index (χ0n) is 26.8. The smallest absolute Gasteiger partial charge is 0.412 e. The van der Waals surface area contributed by atoms with Crippen molar-refractivity contribution in [2.45, 2.75) is 52.2 Å². The van der Waals surface area contributed by atoms with Crippen molar-refractivity contribution in [1.82, 2.24) is 19.9 Å². The Morgan fingerprint density at radius 2 is 1.90 bits per heavy atom. The summed E-state index contributed by atoms with van der Waals surface area (Å²) < 4.78 is 22.4. The molecule has 0 saturated carbocycles. The molecule has 0 aliphatic carbocycles. The van der Waals surface area contributed by atoms with Crippen LogP contribution < -0.4 is 10.6 Å². The number of nitrogens with one attached hydrogen (secondary N) is 2.